The molecule has 1 fully saturated rings. The van der Waals surface area contributed by atoms with E-state index in [9.17, 15) is 19.2 Å². The Morgan fingerprint density at radius 1 is 0.667 bits per heavy atom. The highest BCUT2D eigenvalue weighted by molar-refractivity contribution is 6.76. The molecular formula is C31H26Cl3NO10. The molecule has 0 saturated carbocycles. The van der Waals surface area contributed by atoms with Crippen molar-refractivity contribution < 1.29 is 47.6 Å². The number of halogens is 3. The summed E-state index contributed by atoms with van der Waals surface area (Å²) in [6, 6.07) is 23.5. The number of benzene rings is 3. The van der Waals surface area contributed by atoms with E-state index in [1.807, 2.05) is 0 Å². The van der Waals surface area contributed by atoms with Crippen LogP contribution >= 0.6 is 34.8 Å². The topological polar surface area (TPSA) is 148 Å². The second kappa shape index (κ2) is 15.2. The molecule has 0 aromatic heterocycles. The first-order valence-electron chi connectivity index (χ1n) is 13.3. The Morgan fingerprint density at radius 2 is 1.07 bits per heavy atom. The minimum Gasteiger partial charge on any atom is -0.463 e. The molecule has 0 spiro atoms. The number of nitrogens with one attached hydrogen (secondary N) is 1. The second-order valence-corrected chi connectivity index (χ2v) is 11.8. The lowest BCUT2D eigenvalue weighted by Crippen LogP contribution is -2.63. The molecule has 5 unspecified atom stereocenters. The number of carbonyl (C=O) groups is 4. The molecule has 1 aliphatic heterocycles. The highest BCUT2D eigenvalue weighted by Crippen LogP contribution is 2.34. The molecule has 45 heavy (non-hydrogen) atoms. The zero-order valence-corrected chi connectivity index (χ0v) is 25.7. The number of esters is 4. The summed E-state index contributed by atoms with van der Waals surface area (Å²) in [6.45, 7) is 0.597. The van der Waals surface area contributed by atoms with Gasteiger partial charge in [-0.1, -0.05) is 89.4 Å². The van der Waals surface area contributed by atoms with Crippen molar-refractivity contribution in [3.05, 3.63) is 108 Å². The van der Waals surface area contributed by atoms with Gasteiger partial charge in [-0.05, 0) is 36.4 Å². The van der Waals surface area contributed by atoms with Gasteiger partial charge in [0.15, 0.2) is 12.2 Å². The van der Waals surface area contributed by atoms with Crippen LogP contribution in [-0.2, 0) is 33.2 Å². The molecule has 3 aromatic carbocycles. The maximum Gasteiger partial charge on any atom is 0.338 e. The summed E-state index contributed by atoms with van der Waals surface area (Å²) in [5.41, 5.74) is 0.333. The van der Waals surface area contributed by atoms with Gasteiger partial charge in [-0.25, -0.2) is 14.4 Å². The molecule has 3 aromatic rings. The molecule has 4 rings (SSSR count). The van der Waals surface area contributed by atoms with Crippen LogP contribution in [0, 0.1) is 5.41 Å². The molecule has 236 valence electrons. The SMILES string of the molecule is CC(=O)OCC1OC(OC(=N)C(Cl)(Cl)Cl)C(OC(=O)c2ccccc2)C(OC(=O)c2ccccc2)C1OC(=O)c1ccccc1. The lowest BCUT2D eigenvalue weighted by Gasteiger charge is -2.44. The van der Waals surface area contributed by atoms with Gasteiger partial charge in [-0.3, -0.25) is 10.2 Å². The fraction of sp³-hybridized carbons (Fsp3) is 0.258. The number of hydrogen-bond donors (Lipinski definition) is 1. The standard InChI is InChI=1S/C31H26Cl3NO10/c1-18(36)40-17-22-23(42-26(37)19-11-5-2-6-12-19)24(43-27(38)20-13-7-3-8-14-20)25(29(41-22)45-30(35)31(32,33)34)44-28(39)21-15-9-4-10-16-21/h2-16,22-25,29,35H,17H2,1H3. The average molecular weight is 679 g/mol. The average Bonchev–Trinajstić information content (AvgIpc) is 3.03. The first-order valence-corrected chi connectivity index (χ1v) is 14.5. The van der Waals surface area contributed by atoms with E-state index < -0.39 is 70.9 Å². The van der Waals surface area contributed by atoms with Gasteiger partial charge in [0, 0.05) is 6.92 Å². The van der Waals surface area contributed by atoms with Gasteiger partial charge >= 0.3 is 23.9 Å². The third-order valence-electron chi connectivity index (χ3n) is 6.29. The van der Waals surface area contributed by atoms with Crippen LogP contribution < -0.4 is 0 Å². The van der Waals surface area contributed by atoms with Gasteiger partial charge in [-0.15, -0.1) is 0 Å². The van der Waals surface area contributed by atoms with Crippen LogP contribution in [0.5, 0.6) is 0 Å². The van der Waals surface area contributed by atoms with E-state index >= 15 is 0 Å². The first kappa shape index (κ1) is 33.7. The van der Waals surface area contributed by atoms with Crippen molar-refractivity contribution in [2.24, 2.45) is 0 Å². The fourth-order valence-corrected chi connectivity index (χ4v) is 4.32. The van der Waals surface area contributed by atoms with E-state index in [1.54, 1.807) is 54.6 Å². The van der Waals surface area contributed by atoms with Crippen molar-refractivity contribution in [2.45, 2.75) is 41.4 Å². The summed E-state index contributed by atoms with van der Waals surface area (Å²) in [6.07, 6.45) is -8.13. The zero-order chi connectivity index (χ0) is 32.6. The Kier molecular flexibility index (Phi) is 11.4. The van der Waals surface area contributed by atoms with E-state index in [-0.39, 0.29) is 16.7 Å². The van der Waals surface area contributed by atoms with Crippen LogP contribution in [0.15, 0.2) is 91.0 Å². The number of rotatable bonds is 9. The van der Waals surface area contributed by atoms with Crippen molar-refractivity contribution in [3.8, 4) is 0 Å². The lowest BCUT2D eigenvalue weighted by atomic mass is 9.97. The molecule has 1 heterocycles. The molecule has 0 radical (unpaired) electrons. The normalized spacial score (nSPS) is 21.1. The predicted molar refractivity (Wildman–Crippen MR) is 161 cm³/mol. The quantitative estimate of drug-likeness (QED) is 0.104. The van der Waals surface area contributed by atoms with Crippen molar-refractivity contribution in [2.75, 3.05) is 6.61 Å². The zero-order valence-electron chi connectivity index (χ0n) is 23.5. The monoisotopic (exact) mass is 677 g/mol. The summed E-state index contributed by atoms with van der Waals surface area (Å²) in [5, 5.41) is 8.15. The summed E-state index contributed by atoms with van der Waals surface area (Å²) in [4.78, 5) is 51.8. The van der Waals surface area contributed by atoms with Crippen LogP contribution in [0.25, 0.3) is 0 Å². The molecule has 0 bridgehead atoms. The minimum absolute atomic E-state index is 0.0979. The van der Waals surface area contributed by atoms with E-state index in [0.717, 1.165) is 6.92 Å². The highest BCUT2D eigenvalue weighted by Gasteiger charge is 2.55. The Bertz CT molecular complexity index is 1500. The molecule has 1 saturated heterocycles. The molecule has 1 N–H and O–H groups in total. The van der Waals surface area contributed by atoms with Gasteiger partial charge in [0.2, 0.25) is 18.3 Å². The van der Waals surface area contributed by atoms with Crippen LogP contribution in [0.1, 0.15) is 38.0 Å². The lowest BCUT2D eigenvalue weighted by molar-refractivity contribution is -0.280. The summed E-state index contributed by atoms with van der Waals surface area (Å²) in [7, 11) is 0. The Hall–Kier alpha value is -4.16. The smallest absolute Gasteiger partial charge is 0.338 e. The summed E-state index contributed by atoms with van der Waals surface area (Å²) >= 11 is 17.6. The Balaban J connectivity index is 1.80. The number of carbonyl (C=O) groups excluding carboxylic acids is 4. The first-order chi connectivity index (χ1) is 21.4. The number of alkyl halides is 3. The molecule has 1 aliphatic rings. The van der Waals surface area contributed by atoms with Crippen LogP contribution in [0.3, 0.4) is 0 Å². The van der Waals surface area contributed by atoms with E-state index in [4.69, 9.17) is 68.6 Å². The van der Waals surface area contributed by atoms with Crippen LogP contribution in [0.2, 0.25) is 0 Å². The Labute approximate surface area is 272 Å². The van der Waals surface area contributed by atoms with E-state index in [1.165, 1.54) is 36.4 Å². The highest BCUT2D eigenvalue weighted by atomic mass is 35.6. The minimum atomic E-state index is -2.38. The van der Waals surface area contributed by atoms with E-state index in [2.05, 4.69) is 0 Å². The van der Waals surface area contributed by atoms with E-state index in [0.29, 0.717) is 0 Å². The molecule has 5 atom stereocenters. The Morgan fingerprint density at radius 3 is 1.47 bits per heavy atom. The predicted octanol–water partition coefficient (Wildman–Crippen LogP) is 5.32. The summed E-state index contributed by atoms with van der Waals surface area (Å²) < 4.78 is 31.6. The van der Waals surface area contributed by atoms with Gasteiger partial charge in [-0.2, -0.15) is 0 Å². The number of ether oxygens (including phenoxy) is 6. The summed E-state index contributed by atoms with van der Waals surface area (Å²) in [5.74, 6) is -4.32. The molecule has 0 aliphatic carbocycles. The molecule has 11 nitrogen and oxygen atoms in total. The third kappa shape index (κ3) is 9.18. The molecule has 14 heteroatoms. The van der Waals surface area contributed by atoms with Crippen molar-refractivity contribution in [3.63, 3.8) is 0 Å². The molecule has 0 amide bonds. The fourth-order valence-electron chi connectivity index (χ4n) is 4.19. The third-order valence-corrected chi connectivity index (χ3v) is 6.81. The van der Waals surface area contributed by atoms with Crippen molar-refractivity contribution >= 4 is 64.6 Å². The second-order valence-electron chi connectivity index (χ2n) is 9.50. The number of hydrogen-bond acceptors (Lipinski definition) is 11. The largest absolute Gasteiger partial charge is 0.463 e. The van der Waals surface area contributed by atoms with Crippen molar-refractivity contribution in [1.82, 2.24) is 0 Å². The van der Waals surface area contributed by atoms with Gasteiger partial charge in [0.05, 0.1) is 16.7 Å². The van der Waals surface area contributed by atoms with Crippen LogP contribution in [0.4, 0.5) is 0 Å². The van der Waals surface area contributed by atoms with Gasteiger partial charge in [0.25, 0.3) is 3.79 Å². The van der Waals surface area contributed by atoms with Gasteiger partial charge in [0.1, 0.15) is 12.7 Å². The van der Waals surface area contributed by atoms with Crippen LogP contribution in [-0.4, -0.2) is 70.9 Å². The maximum atomic E-state index is 13.4. The van der Waals surface area contributed by atoms with Crippen molar-refractivity contribution in [1.29, 1.82) is 5.41 Å². The maximum absolute atomic E-state index is 13.4. The molecular weight excluding hydrogens is 653 g/mol. The van der Waals surface area contributed by atoms with Gasteiger partial charge < -0.3 is 28.4 Å².